The first-order chi connectivity index (χ1) is 12.2. The smallest absolute Gasteiger partial charge is 0.222 e. The zero-order valence-electron chi connectivity index (χ0n) is 14.1. The van der Waals surface area contributed by atoms with Crippen LogP contribution in [0.3, 0.4) is 0 Å². The molecule has 2 aromatic rings. The lowest BCUT2D eigenvalue weighted by molar-refractivity contribution is -0.131. The van der Waals surface area contributed by atoms with Crippen molar-refractivity contribution in [2.45, 2.75) is 31.7 Å². The Hall–Kier alpha value is -2.15. The van der Waals surface area contributed by atoms with Gasteiger partial charge in [0.15, 0.2) is 5.13 Å². The fourth-order valence-corrected chi connectivity index (χ4v) is 4.51. The molecular weight excluding hydrogens is 336 g/mol. The molecule has 6 nitrogen and oxygen atoms in total. The molecule has 7 heteroatoms. The van der Waals surface area contributed by atoms with Crippen molar-refractivity contribution in [1.29, 1.82) is 0 Å². The Morgan fingerprint density at radius 2 is 2.04 bits per heavy atom. The number of anilines is 1. The molecule has 1 aromatic carbocycles. The molecule has 2 saturated heterocycles. The maximum atomic E-state index is 12.4. The lowest BCUT2D eigenvalue weighted by Crippen LogP contribution is -2.49. The highest BCUT2D eigenvalue weighted by Gasteiger charge is 2.25. The molecule has 3 heterocycles. The number of para-hydroxylation sites is 1. The van der Waals surface area contributed by atoms with Crippen LogP contribution >= 0.6 is 11.3 Å². The Kier molecular flexibility index (Phi) is 4.57. The van der Waals surface area contributed by atoms with Crippen molar-refractivity contribution in [3.8, 4) is 0 Å². The second-order valence-electron chi connectivity index (χ2n) is 6.67. The number of hydrogen-bond acceptors (Lipinski definition) is 5. The van der Waals surface area contributed by atoms with E-state index in [-0.39, 0.29) is 17.9 Å². The second-order valence-corrected chi connectivity index (χ2v) is 7.68. The van der Waals surface area contributed by atoms with Gasteiger partial charge in [-0.15, -0.1) is 0 Å². The van der Waals surface area contributed by atoms with Gasteiger partial charge < -0.3 is 15.1 Å². The van der Waals surface area contributed by atoms with Crippen LogP contribution < -0.4 is 10.2 Å². The van der Waals surface area contributed by atoms with Gasteiger partial charge in [0.05, 0.1) is 10.2 Å². The summed E-state index contributed by atoms with van der Waals surface area (Å²) in [5, 5.41) is 3.97. The van der Waals surface area contributed by atoms with Gasteiger partial charge in [0.2, 0.25) is 11.8 Å². The van der Waals surface area contributed by atoms with E-state index in [2.05, 4.69) is 16.3 Å². The molecule has 0 spiro atoms. The number of aromatic nitrogens is 1. The van der Waals surface area contributed by atoms with Gasteiger partial charge in [0.1, 0.15) is 0 Å². The minimum Gasteiger partial charge on any atom is -0.353 e. The monoisotopic (exact) mass is 358 g/mol. The molecular formula is C18H22N4O2S. The molecule has 0 unspecified atom stereocenters. The third kappa shape index (κ3) is 3.61. The summed E-state index contributed by atoms with van der Waals surface area (Å²) in [5.74, 6) is 0.312. The van der Waals surface area contributed by atoms with Crippen LogP contribution in [0.2, 0.25) is 0 Å². The Balaban J connectivity index is 1.28. The first kappa shape index (κ1) is 16.3. The van der Waals surface area contributed by atoms with Crippen LogP contribution in [0.15, 0.2) is 24.3 Å². The zero-order chi connectivity index (χ0) is 17.2. The quantitative estimate of drug-likeness (QED) is 0.908. The number of hydrogen-bond donors (Lipinski definition) is 1. The number of nitrogens with one attached hydrogen (secondary N) is 1. The number of rotatable bonds is 4. The highest BCUT2D eigenvalue weighted by atomic mass is 32.1. The Morgan fingerprint density at radius 3 is 2.76 bits per heavy atom. The largest absolute Gasteiger partial charge is 0.353 e. The normalized spacial score (nSPS) is 21.0. The number of piperazine rings is 1. The van der Waals surface area contributed by atoms with E-state index in [0.717, 1.165) is 49.7 Å². The van der Waals surface area contributed by atoms with Crippen molar-refractivity contribution in [2.75, 3.05) is 31.1 Å². The van der Waals surface area contributed by atoms with Crippen LogP contribution in [0.1, 0.15) is 25.7 Å². The van der Waals surface area contributed by atoms with Crippen LogP contribution in [0, 0.1) is 0 Å². The van der Waals surface area contributed by atoms with E-state index in [9.17, 15) is 9.59 Å². The highest BCUT2D eigenvalue weighted by molar-refractivity contribution is 7.22. The molecule has 2 amide bonds. The molecule has 1 N–H and O–H groups in total. The van der Waals surface area contributed by atoms with Crippen molar-refractivity contribution in [1.82, 2.24) is 15.2 Å². The standard InChI is InChI=1S/C18H22N4O2S/c23-16-7-5-13(19-16)6-8-17(24)21-9-11-22(12-10-21)18-20-14-3-1-2-4-15(14)25-18/h1-4,13H,5-12H2,(H,19,23)/t13-/m1/s1. The van der Waals surface area contributed by atoms with Gasteiger partial charge in [-0.1, -0.05) is 23.5 Å². The molecule has 2 aliphatic rings. The number of carbonyl (C=O) groups excluding carboxylic acids is 2. The maximum Gasteiger partial charge on any atom is 0.222 e. The summed E-state index contributed by atoms with van der Waals surface area (Å²) < 4.78 is 1.20. The molecule has 132 valence electrons. The molecule has 1 aromatic heterocycles. The van der Waals surface area contributed by atoms with Crippen LogP contribution in [-0.4, -0.2) is 53.9 Å². The average molecular weight is 358 g/mol. The number of amides is 2. The molecule has 0 bridgehead atoms. The van der Waals surface area contributed by atoms with Crippen LogP contribution in [0.25, 0.3) is 10.2 Å². The molecule has 0 aliphatic carbocycles. The molecule has 25 heavy (non-hydrogen) atoms. The second kappa shape index (κ2) is 7.00. The van der Waals surface area contributed by atoms with Crippen molar-refractivity contribution < 1.29 is 9.59 Å². The van der Waals surface area contributed by atoms with Gasteiger partial charge in [-0.05, 0) is 25.0 Å². The Morgan fingerprint density at radius 1 is 1.24 bits per heavy atom. The predicted octanol–water partition coefficient (Wildman–Crippen LogP) is 2.00. The first-order valence-corrected chi connectivity index (χ1v) is 9.68. The third-order valence-corrected chi connectivity index (χ3v) is 6.07. The molecule has 2 fully saturated rings. The lowest BCUT2D eigenvalue weighted by Gasteiger charge is -2.34. The van der Waals surface area contributed by atoms with E-state index in [1.54, 1.807) is 11.3 Å². The summed E-state index contributed by atoms with van der Waals surface area (Å²) in [4.78, 5) is 32.5. The van der Waals surface area contributed by atoms with Crippen LogP contribution in [0.5, 0.6) is 0 Å². The van der Waals surface area contributed by atoms with E-state index in [1.807, 2.05) is 23.1 Å². The fourth-order valence-electron chi connectivity index (χ4n) is 3.49. The van der Waals surface area contributed by atoms with Crippen molar-refractivity contribution in [3.63, 3.8) is 0 Å². The summed E-state index contributed by atoms with van der Waals surface area (Å²) in [6.45, 7) is 3.13. The molecule has 0 radical (unpaired) electrons. The molecule has 2 aliphatic heterocycles. The zero-order valence-corrected chi connectivity index (χ0v) is 14.9. The number of thiazole rings is 1. The minimum atomic E-state index is 0.113. The van der Waals surface area contributed by atoms with Crippen LogP contribution in [0.4, 0.5) is 5.13 Å². The SMILES string of the molecule is O=C1CC[C@H](CCC(=O)N2CCN(c3nc4ccccc4s3)CC2)N1. The Bertz CT molecular complexity index is 749. The third-order valence-electron chi connectivity index (χ3n) is 4.98. The summed E-state index contributed by atoms with van der Waals surface area (Å²) >= 11 is 1.71. The summed E-state index contributed by atoms with van der Waals surface area (Å²) in [6.07, 6.45) is 2.73. The summed E-state index contributed by atoms with van der Waals surface area (Å²) in [7, 11) is 0. The first-order valence-electron chi connectivity index (χ1n) is 8.87. The molecule has 0 saturated carbocycles. The highest BCUT2D eigenvalue weighted by Crippen LogP contribution is 2.29. The molecule has 1 atom stereocenters. The number of nitrogens with zero attached hydrogens (tertiary/aromatic N) is 3. The lowest BCUT2D eigenvalue weighted by atomic mass is 10.1. The van der Waals surface area contributed by atoms with Crippen LogP contribution in [-0.2, 0) is 9.59 Å². The van der Waals surface area contributed by atoms with Gasteiger partial charge in [-0.3, -0.25) is 9.59 Å². The van der Waals surface area contributed by atoms with E-state index in [4.69, 9.17) is 4.98 Å². The summed E-state index contributed by atoms with van der Waals surface area (Å²) in [5.41, 5.74) is 1.04. The number of carbonyl (C=O) groups is 2. The van der Waals surface area contributed by atoms with Crippen molar-refractivity contribution >= 4 is 38.5 Å². The van der Waals surface area contributed by atoms with Gasteiger partial charge >= 0.3 is 0 Å². The summed E-state index contributed by atoms with van der Waals surface area (Å²) in [6, 6.07) is 8.36. The number of benzene rings is 1. The average Bonchev–Trinajstić information content (AvgIpc) is 3.25. The van der Waals surface area contributed by atoms with Gasteiger partial charge in [-0.2, -0.15) is 0 Å². The number of fused-ring (bicyclic) bond motifs is 1. The Labute approximate surface area is 150 Å². The van der Waals surface area contributed by atoms with Crippen molar-refractivity contribution in [3.05, 3.63) is 24.3 Å². The van der Waals surface area contributed by atoms with Gasteiger partial charge in [-0.25, -0.2) is 4.98 Å². The fraction of sp³-hybridized carbons (Fsp3) is 0.500. The molecule has 4 rings (SSSR count). The van der Waals surface area contributed by atoms with Crippen molar-refractivity contribution in [2.24, 2.45) is 0 Å². The van der Waals surface area contributed by atoms with Gasteiger partial charge in [0.25, 0.3) is 0 Å². The van der Waals surface area contributed by atoms with E-state index in [1.165, 1.54) is 4.70 Å². The van der Waals surface area contributed by atoms with E-state index in [0.29, 0.717) is 12.8 Å². The predicted molar refractivity (Wildman–Crippen MR) is 98.8 cm³/mol. The maximum absolute atomic E-state index is 12.4. The topological polar surface area (TPSA) is 65.5 Å². The van der Waals surface area contributed by atoms with E-state index < -0.39 is 0 Å². The minimum absolute atomic E-state index is 0.113. The van der Waals surface area contributed by atoms with Gasteiger partial charge in [0, 0.05) is 45.1 Å². The van der Waals surface area contributed by atoms with E-state index >= 15 is 0 Å².